The summed E-state index contributed by atoms with van der Waals surface area (Å²) in [5.41, 5.74) is 8.86. The molecular weight excluding hydrogens is 368 g/mol. The van der Waals surface area contributed by atoms with Gasteiger partial charge in [-0.3, -0.25) is 14.4 Å². The predicted molar refractivity (Wildman–Crippen MR) is 113 cm³/mol. The molecule has 2 aromatic carbocycles. The summed E-state index contributed by atoms with van der Waals surface area (Å²) in [5.74, 6) is -0.870. The smallest absolute Gasteiger partial charge is 0.255 e. The Kier molecular flexibility index (Phi) is 7.91. The highest BCUT2D eigenvalue weighted by Gasteiger charge is 2.17. The van der Waals surface area contributed by atoms with Crippen LogP contribution in [-0.4, -0.2) is 30.3 Å². The number of hydrogen-bond acceptors (Lipinski definition) is 4. The molecule has 0 aromatic heterocycles. The van der Waals surface area contributed by atoms with E-state index < -0.39 is 6.04 Å². The van der Waals surface area contributed by atoms with Gasteiger partial charge in [0.05, 0.1) is 12.6 Å². The normalized spacial score (nSPS) is 11.6. The summed E-state index contributed by atoms with van der Waals surface area (Å²) in [6, 6.07) is 13.9. The van der Waals surface area contributed by atoms with Crippen LogP contribution in [0.25, 0.3) is 0 Å². The Morgan fingerprint density at radius 3 is 2.34 bits per heavy atom. The summed E-state index contributed by atoms with van der Waals surface area (Å²) in [6.07, 6.45) is 0. The maximum atomic E-state index is 12.3. The molecular formula is C22H28N4O3. The fourth-order valence-corrected chi connectivity index (χ4v) is 2.52. The lowest BCUT2D eigenvalue weighted by molar-refractivity contribution is -0.127. The number of hydrogen-bond donors (Lipinski definition) is 4. The molecule has 3 amide bonds. The van der Waals surface area contributed by atoms with Crippen molar-refractivity contribution in [3.8, 4) is 0 Å². The molecule has 0 unspecified atom stereocenters. The van der Waals surface area contributed by atoms with E-state index in [1.807, 2.05) is 39.0 Å². The average Bonchev–Trinajstić information content (AvgIpc) is 2.70. The Bertz CT molecular complexity index is 863. The summed E-state index contributed by atoms with van der Waals surface area (Å²) in [6.45, 7) is 5.79. The van der Waals surface area contributed by atoms with Crippen LogP contribution in [0.3, 0.4) is 0 Å². The molecule has 0 aliphatic rings. The van der Waals surface area contributed by atoms with Crippen molar-refractivity contribution in [2.75, 3.05) is 11.9 Å². The maximum Gasteiger partial charge on any atom is 0.255 e. The van der Waals surface area contributed by atoms with Gasteiger partial charge in [0.2, 0.25) is 11.8 Å². The average molecular weight is 396 g/mol. The van der Waals surface area contributed by atoms with Crippen LogP contribution in [0.15, 0.2) is 48.5 Å². The van der Waals surface area contributed by atoms with E-state index >= 15 is 0 Å². The standard InChI is InChI=1S/C22H28N4O3/c1-14(2)20(23)22(29)25-13-19(27)24-12-16-5-4-6-18(11-16)26-21(28)17-9-7-15(3)8-10-17/h4-11,14,20H,12-13,23H2,1-3H3,(H,24,27)(H,25,29)(H,26,28)/t20-/m0/s1. The van der Waals surface area contributed by atoms with Crippen LogP contribution in [0.1, 0.15) is 35.3 Å². The minimum absolute atomic E-state index is 0.00378. The molecule has 0 aliphatic heterocycles. The van der Waals surface area contributed by atoms with Crippen LogP contribution >= 0.6 is 0 Å². The van der Waals surface area contributed by atoms with E-state index in [1.54, 1.807) is 30.3 Å². The second-order valence-corrected chi connectivity index (χ2v) is 7.28. The van der Waals surface area contributed by atoms with Crippen LogP contribution in [-0.2, 0) is 16.1 Å². The van der Waals surface area contributed by atoms with Crippen LogP contribution in [0.2, 0.25) is 0 Å². The van der Waals surface area contributed by atoms with E-state index in [-0.39, 0.29) is 36.7 Å². The molecule has 2 aromatic rings. The lowest BCUT2D eigenvalue weighted by Gasteiger charge is -2.15. The number of anilines is 1. The van der Waals surface area contributed by atoms with Crippen LogP contribution < -0.4 is 21.7 Å². The van der Waals surface area contributed by atoms with Gasteiger partial charge in [-0.2, -0.15) is 0 Å². The van der Waals surface area contributed by atoms with E-state index in [0.29, 0.717) is 11.3 Å². The van der Waals surface area contributed by atoms with Crippen molar-refractivity contribution < 1.29 is 14.4 Å². The minimum Gasteiger partial charge on any atom is -0.350 e. The highest BCUT2D eigenvalue weighted by atomic mass is 16.2. The molecule has 0 saturated heterocycles. The van der Waals surface area contributed by atoms with Gasteiger partial charge >= 0.3 is 0 Å². The zero-order valence-electron chi connectivity index (χ0n) is 17.0. The SMILES string of the molecule is Cc1ccc(C(=O)Nc2cccc(CNC(=O)CNC(=O)[C@@H](N)C(C)C)c2)cc1. The largest absolute Gasteiger partial charge is 0.350 e. The van der Waals surface area contributed by atoms with E-state index in [1.165, 1.54) is 0 Å². The first kappa shape index (κ1) is 22.1. The Hall–Kier alpha value is -3.19. The Morgan fingerprint density at radius 1 is 1.00 bits per heavy atom. The number of aryl methyl sites for hydroxylation is 1. The van der Waals surface area contributed by atoms with Gasteiger partial charge in [0, 0.05) is 17.8 Å². The number of rotatable bonds is 8. The van der Waals surface area contributed by atoms with Crippen LogP contribution in [0.5, 0.6) is 0 Å². The first-order chi connectivity index (χ1) is 13.8. The molecule has 0 heterocycles. The quantitative estimate of drug-likeness (QED) is 0.546. The fourth-order valence-electron chi connectivity index (χ4n) is 2.52. The zero-order chi connectivity index (χ0) is 21.4. The highest BCUT2D eigenvalue weighted by Crippen LogP contribution is 2.13. The first-order valence-corrected chi connectivity index (χ1v) is 9.53. The van der Waals surface area contributed by atoms with E-state index in [4.69, 9.17) is 5.73 Å². The molecule has 0 fully saturated rings. The van der Waals surface area contributed by atoms with E-state index in [2.05, 4.69) is 16.0 Å². The van der Waals surface area contributed by atoms with Gasteiger partial charge < -0.3 is 21.7 Å². The molecule has 7 nitrogen and oxygen atoms in total. The molecule has 2 rings (SSSR count). The second-order valence-electron chi connectivity index (χ2n) is 7.28. The third kappa shape index (κ3) is 7.04. The van der Waals surface area contributed by atoms with Crippen molar-refractivity contribution in [3.63, 3.8) is 0 Å². The Balaban J connectivity index is 1.84. The lowest BCUT2D eigenvalue weighted by atomic mass is 10.1. The molecule has 7 heteroatoms. The number of carbonyl (C=O) groups excluding carboxylic acids is 3. The van der Waals surface area contributed by atoms with Gasteiger partial charge in [0.25, 0.3) is 5.91 Å². The van der Waals surface area contributed by atoms with Gasteiger partial charge in [-0.25, -0.2) is 0 Å². The number of benzene rings is 2. The summed E-state index contributed by atoms with van der Waals surface area (Å²) in [5, 5.41) is 8.11. The summed E-state index contributed by atoms with van der Waals surface area (Å²) in [4.78, 5) is 36.1. The van der Waals surface area contributed by atoms with Gasteiger partial charge in [0.1, 0.15) is 0 Å². The lowest BCUT2D eigenvalue weighted by Crippen LogP contribution is -2.47. The fraction of sp³-hybridized carbons (Fsp3) is 0.318. The highest BCUT2D eigenvalue weighted by molar-refractivity contribution is 6.04. The molecule has 0 aliphatic carbocycles. The molecule has 5 N–H and O–H groups in total. The first-order valence-electron chi connectivity index (χ1n) is 9.53. The molecule has 0 spiro atoms. The number of nitrogens with two attached hydrogens (primary N) is 1. The van der Waals surface area contributed by atoms with E-state index in [9.17, 15) is 14.4 Å². The zero-order valence-corrected chi connectivity index (χ0v) is 17.0. The Labute approximate surface area is 171 Å². The van der Waals surface area contributed by atoms with Crippen LogP contribution in [0.4, 0.5) is 5.69 Å². The van der Waals surface area contributed by atoms with Gasteiger partial charge in [-0.15, -0.1) is 0 Å². The van der Waals surface area contributed by atoms with Gasteiger partial charge in [-0.1, -0.05) is 43.7 Å². The molecule has 0 saturated carbocycles. The molecule has 1 atom stereocenters. The summed E-state index contributed by atoms with van der Waals surface area (Å²) in [7, 11) is 0. The van der Waals surface area contributed by atoms with Crippen molar-refractivity contribution in [2.24, 2.45) is 11.7 Å². The van der Waals surface area contributed by atoms with Crippen molar-refractivity contribution in [1.29, 1.82) is 0 Å². The monoisotopic (exact) mass is 396 g/mol. The number of nitrogens with one attached hydrogen (secondary N) is 3. The summed E-state index contributed by atoms with van der Waals surface area (Å²) >= 11 is 0. The maximum absolute atomic E-state index is 12.3. The number of amides is 3. The van der Waals surface area contributed by atoms with Gasteiger partial charge in [0.15, 0.2) is 0 Å². The summed E-state index contributed by atoms with van der Waals surface area (Å²) < 4.78 is 0. The van der Waals surface area contributed by atoms with E-state index in [0.717, 1.165) is 11.1 Å². The third-order valence-corrected chi connectivity index (χ3v) is 4.43. The molecule has 154 valence electrons. The minimum atomic E-state index is -0.642. The van der Waals surface area contributed by atoms with Crippen molar-refractivity contribution in [1.82, 2.24) is 10.6 Å². The van der Waals surface area contributed by atoms with Crippen molar-refractivity contribution >= 4 is 23.4 Å². The van der Waals surface area contributed by atoms with Crippen molar-refractivity contribution in [2.45, 2.75) is 33.4 Å². The number of carbonyl (C=O) groups is 3. The predicted octanol–water partition coefficient (Wildman–Crippen LogP) is 1.96. The Morgan fingerprint density at radius 2 is 1.69 bits per heavy atom. The molecule has 0 radical (unpaired) electrons. The van der Waals surface area contributed by atoms with Crippen LogP contribution in [0, 0.1) is 12.8 Å². The third-order valence-electron chi connectivity index (χ3n) is 4.43. The molecule has 0 bridgehead atoms. The topological polar surface area (TPSA) is 113 Å². The van der Waals surface area contributed by atoms with Crippen molar-refractivity contribution in [3.05, 3.63) is 65.2 Å². The molecule has 29 heavy (non-hydrogen) atoms. The van der Waals surface area contributed by atoms with Gasteiger partial charge in [-0.05, 0) is 42.7 Å². The second kappa shape index (κ2) is 10.4.